The van der Waals surface area contributed by atoms with Crippen molar-refractivity contribution in [1.29, 1.82) is 0 Å². The molecule has 27 heavy (non-hydrogen) atoms. The molecular formula is C20H20ClN5O. The van der Waals surface area contributed by atoms with Crippen LogP contribution >= 0.6 is 11.6 Å². The molecule has 3 aromatic rings. The number of hydrogen-bond donors (Lipinski definition) is 2. The maximum atomic E-state index is 6.22. The van der Waals surface area contributed by atoms with Gasteiger partial charge in [-0.05, 0) is 43.2 Å². The van der Waals surface area contributed by atoms with E-state index >= 15 is 0 Å². The summed E-state index contributed by atoms with van der Waals surface area (Å²) in [7, 11) is 0. The van der Waals surface area contributed by atoms with Crippen molar-refractivity contribution < 1.29 is 4.74 Å². The first-order valence-corrected chi connectivity index (χ1v) is 9.31. The van der Waals surface area contributed by atoms with Crippen LogP contribution in [0.15, 0.2) is 54.9 Å². The summed E-state index contributed by atoms with van der Waals surface area (Å²) in [5.41, 5.74) is 2.61. The Balaban J connectivity index is 1.53. The van der Waals surface area contributed by atoms with E-state index < -0.39 is 0 Å². The highest BCUT2D eigenvalue weighted by molar-refractivity contribution is 6.33. The highest BCUT2D eigenvalue weighted by Crippen LogP contribution is 2.26. The van der Waals surface area contributed by atoms with Crippen molar-refractivity contribution in [3.8, 4) is 11.3 Å². The van der Waals surface area contributed by atoms with E-state index in [0.717, 1.165) is 43.0 Å². The quantitative estimate of drug-likeness (QED) is 0.676. The van der Waals surface area contributed by atoms with E-state index in [9.17, 15) is 0 Å². The SMILES string of the molecule is Clc1ccccc1Nc1cc(-c2ccnc(NC3CCOCC3)n2)ccn1. The lowest BCUT2D eigenvalue weighted by Gasteiger charge is -2.23. The summed E-state index contributed by atoms with van der Waals surface area (Å²) >= 11 is 6.22. The molecule has 3 heterocycles. The summed E-state index contributed by atoms with van der Waals surface area (Å²) < 4.78 is 5.40. The third kappa shape index (κ3) is 4.53. The van der Waals surface area contributed by atoms with E-state index in [4.69, 9.17) is 16.3 Å². The van der Waals surface area contributed by atoms with Gasteiger partial charge in [0.15, 0.2) is 0 Å². The Morgan fingerprint density at radius 1 is 1.00 bits per heavy atom. The van der Waals surface area contributed by atoms with E-state index in [2.05, 4.69) is 25.6 Å². The van der Waals surface area contributed by atoms with Gasteiger partial charge in [-0.3, -0.25) is 0 Å². The predicted molar refractivity (Wildman–Crippen MR) is 107 cm³/mol. The minimum Gasteiger partial charge on any atom is -0.381 e. The molecule has 0 radical (unpaired) electrons. The maximum Gasteiger partial charge on any atom is 0.223 e. The monoisotopic (exact) mass is 381 g/mol. The van der Waals surface area contributed by atoms with Crippen molar-refractivity contribution in [2.24, 2.45) is 0 Å². The van der Waals surface area contributed by atoms with Crippen LogP contribution in [0.3, 0.4) is 0 Å². The van der Waals surface area contributed by atoms with Crippen molar-refractivity contribution in [3.63, 3.8) is 0 Å². The van der Waals surface area contributed by atoms with Gasteiger partial charge < -0.3 is 15.4 Å². The fourth-order valence-electron chi connectivity index (χ4n) is 2.97. The molecule has 0 saturated carbocycles. The molecular weight excluding hydrogens is 362 g/mol. The second-order valence-corrected chi connectivity index (χ2v) is 6.74. The number of nitrogens with zero attached hydrogens (tertiary/aromatic N) is 3. The maximum absolute atomic E-state index is 6.22. The Labute approximate surface area is 163 Å². The molecule has 0 bridgehead atoms. The Morgan fingerprint density at radius 2 is 1.81 bits per heavy atom. The van der Waals surface area contributed by atoms with Gasteiger partial charge in [0.2, 0.25) is 5.95 Å². The van der Waals surface area contributed by atoms with Crippen LogP contribution in [0.25, 0.3) is 11.3 Å². The Bertz CT molecular complexity index is 914. The van der Waals surface area contributed by atoms with E-state index in [1.807, 2.05) is 42.5 Å². The van der Waals surface area contributed by atoms with E-state index in [0.29, 0.717) is 22.8 Å². The number of nitrogens with one attached hydrogen (secondary N) is 2. The molecule has 1 aliphatic rings. The van der Waals surface area contributed by atoms with Crippen molar-refractivity contribution in [2.45, 2.75) is 18.9 Å². The highest BCUT2D eigenvalue weighted by Gasteiger charge is 2.15. The Morgan fingerprint density at radius 3 is 2.67 bits per heavy atom. The summed E-state index contributed by atoms with van der Waals surface area (Å²) in [6.07, 6.45) is 5.46. The molecule has 0 atom stereocenters. The topological polar surface area (TPSA) is 72.0 Å². The number of halogens is 1. The first-order chi connectivity index (χ1) is 13.3. The number of benzene rings is 1. The molecule has 1 fully saturated rings. The standard InChI is InChI=1S/C20H20ClN5O/c21-16-3-1-2-4-18(16)25-19-13-14(5-9-22-19)17-6-10-23-20(26-17)24-15-7-11-27-12-8-15/h1-6,9-10,13,15H,7-8,11-12H2,(H,22,25)(H,23,24,26). The number of hydrogen-bond acceptors (Lipinski definition) is 6. The third-order valence-electron chi connectivity index (χ3n) is 4.40. The lowest BCUT2D eigenvalue weighted by molar-refractivity contribution is 0.0903. The van der Waals surface area contributed by atoms with Crippen LogP contribution < -0.4 is 10.6 Å². The summed E-state index contributed by atoms with van der Waals surface area (Å²) in [6.45, 7) is 1.55. The zero-order valence-corrected chi connectivity index (χ0v) is 15.5. The van der Waals surface area contributed by atoms with Crippen molar-refractivity contribution in [2.75, 3.05) is 23.8 Å². The summed E-state index contributed by atoms with van der Waals surface area (Å²) in [5, 5.41) is 7.30. The number of ether oxygens (including phenoxy) is 1. The highest BCUT2D eigenvalue weighted by atomic mass is 35.5. The van der Waals surface area contributed by atoms with Gasteiger partial charge in [-0.1, -0.05) is 23.7 Å². The molecule has 6 nitrogen and oxygen atoms in total. The first kappa shape index (κ1) is 17.7. The van der Waals surface area contributed by atoms with Crippen LogP contribution in [-0.4, -0.2) is 34.2 Å². The van der Waals surface area contributed by atoms with E-state index in [1.54, 1.807) is 12.4 Å². The van der Waals surface area contributed by atoms with Gasteiger partial charge in [-0.2, -0.15) is 0 Å². The number of para-hydroxylation sites is 1. The molecule has 1 aliphatic heterocycles. The van der Waals surface area contributed by atoms with E-state index in [1.165, 1.54) is 0 Å². The van der Waals surface area contributed by atoms with Crippen molar-refractivity contribution in [3.05, 3.63) is 59.9 Å². The second-order valence-electron chi connectivity index (χ2n) is 6.33. The Kier molecular flexibility index (Phi) is 5.46. The zero-order chi connectivity index (χ0) is 18.5. The summed E-state index contributed by atoms with van der Waals surface area (Å²) in [4.78, 5) is 13.4. The molecule has 0 unspecified atom stereocenters. The molecule has 7 heteroatoms. The van der Waals surface area contributed by atoms with Crippen LogP contribution in [0.4, 0.5) is 17.5 Å². The van der Waals surface area contributed by atoms with Crippen LogP contribution in [0.2, 0.25) is 5.02 Å². The van der Waals surface area contributed by atoms with E-state index in [-0.39, 0.29) is 0 Å². The van der Waals surface area contributed by atoms with Gasteiger partial charge in [0.25, 0.3) is 0 Å². The minimum absolute atomic E-state index is 0.351. The van der Waals surface area contributed by atoms with Crippen LogP contribution in [0.1, 0.15) is 12.8 Å². The second kappa shape index (κ2) is 8.33. The molecule has 4 rings (SSSR count). The summed E-state index contributed by atoms with van der Waals surface area (Å²) in [5.74, 6) is 1.34. The fourth-order valence-corrected chi connectivity index (χ4v) is 3.16. The largest absolute Gasteiger partial charge is 0.381 e. The van der Waals surface area contributed by atoms with Gasteiger partial charge in [-0.15, -0.1) is 0 Å². The zero-order valence-electron chi connectivity index (χ0n) is 14.7. The molecule has 138 valence electrons. The lowest BCUT2D eigenvalue weighted by Crippen LogP contribution is -2.28. The minimum atomic E-state index is 0.351. The van der Waals surface area contributed by atoms with Gasteiger partial charge in [0.05, 0.1) is 16.4 Å². The smallest absolute Gasteiger partial charge is 0.223 e. The van der Waals surface area contributed by atoms with Crippen molar-refractivity contribution in [1.82, 2.24) is 15.0 Å². The number of anilines is 3. The average Bonchev–Trinajstić information content (AvgIpc) is 2.71. The molecule has 0 spiro atoms. The van der Waals surface area contributed by atoms with Crippen LogP contribution in [0.5, 0.6) is 0 Å². The molecule has 2 aromatic heterocycles. The van der Waals surface area contributed by atoms with Crippen LogP contribution in [0, 0.1) is 0 Å². The number of aromatic nitrogens is 3. The first-order valence-electron chi connectivity index (χ1n) is 8.93. The third-order valence-corrected chi connectivity index (χ3v) is 4.73. The summed E-state index contributed by atoms with van der Waals surface area (Å²) in [6, 6.07) is 13.7. The fraction of sp³-hybridized carbons (Fsp3) is 0.250. The molecule has 1 aromatic carbocycles. The molecule has 1 saturated heterocycles. The van der Waals surface area contributed by atoms with Crippen molar-refractivity contribution >= 4 is 29.1 Å². The lowest BCUT2D eigenvalue weighted by atomic mass is 10.1. The number of rotatable bonds is 5. The van der Waals surface area contributed by atoms with Gasteiger partial charge in [0.1, 0.15) is 5.82 Å². The normalized spacial score (nSPS) is 14.7. The average molecular weight is 382 g/mol. The number of pyridine rings is 1. The van der Waals surface area contributed by atoms with Gasteiger partial charge in [-0.25, -0.2) is 15.0 Å². The molecule has 0 aliphatic carbocycles. The van der Waals surface area contributed by atoms with Crippen LogP contribution in [-0.2, 0) is 4.74 Å². The molecule has 2 N–H and O–H groups in total. The van der Waals surface area contributed by atoms with Gasteiger partial charge >= 0.3 is 0 Å². The Hall–Kier alpha value is -2.70. The predicted octanol–water partition coefficient (Wildman–Crippen LogP) is 4.53. The molecule has 0 amide bonds. The van der Waals surface area contributed by atoms with Gasteiger partial charge in [0, 0.05) is 37.2 Å².